The minimum absolute atomic E-state index is 0.604. The summed E-state index contributed by atoms with van der Waals surface area (Å²) in [5.74, 6) is 0.883. The van der Waals surface area contributed by atoms with Gasteiger partial charge in [0.05, 0.1) is 0 Å². The molecule has 2 fully saturated rings. The minimum Gasteiger partial charge on any atom is -0.385 e. The number of methoxy groups -OCH3 is 1. The first-order valence-corrected chi connectivity index (χ1v) is 5.75. The molecule has 0 unspecified atom stereocenters. The Morgan fingerprint density at radius 2 is 2.21 bits per heavy atom. The van der Waals surface area contributed by atoms with Crippen molar-refractivity contribution < 1.29 is 4.74 Å². The molecule has 0 atom stereocenters. The minimum atomic E-state index is 0.604. The van der Waals surface area contributed by atoms with E-state index < -0.39 is 0 Å². The van der Waals surface area contributed by atoms with E-state index in [1.807, 2.05) is 0 Å². The standard InChI is InChI=1S/C11H22N2O/c1-14-5-4-11(2-3-11)9-13-8-10-6-12-7-10/h10,12-13H,2-9H2,1H3. The highest BCUT2D eigenvalue weighted by atomic mass is 16.5. The molecule has 0 radical (unpaired) electrons. The molecule has 2 rings (SSSR count). The second kappa shape index (κ2) is 4.60. The van der Waals surface area contributed by atoms with Gasteiger partial charge in [-0.25, -0.2) is 0 Å². The van der Waals surface area contributed by atoms with Crippen molar-refractivity contribution in [2.75, 3.05) is 39.9 Å². The second-order valence-corrected chi connectivity index (χ2v) is 4.90. The SMILES string of the molecule is COCCC1(CNCC2CNC2)CC1. The van der Waals surface area contributed by atoms with Crippen LogP contribution in [0.15, 0.2) is 0 Å². The smallest absolute Gasteiger partial charge is 0.0468 e. The number of hydrogen-bond acceptors (Lipinski definition) is 3. The summed E-state index contributed by atoms with van der Waals surface area (Å²) >= 11 is 0. The van der Waals surface area contributed by atoms with E-state index in [-0.39, 0.29) is 0 Å². The predicted molar refractivity (Wildman–Crippen MR) is 57.4 cm³/mol. The first kappa shape index (κ1) is 10.4. The van der Waals surface area contributed by atoms with E-state index >= 15 is 0 Å². The van der Waals surface area contributed by atoms with Crippen LogP contribution in [0.4, 0.5) is 0 Å². The van der Waals surface area contributed by atoms with Crippen LogP contribution < -0.4 is 10.6 Å². The third-order valence-electron chi connectivity index (χ3n) is 3.59. The lowest BCUT2D eigenvalue weighted by Gasteiger charge is -2.28. The molecule has 0 bridgehead atoms. The molecule has 3 heteroatoms. The molecule has 1 aliphatic carbocycles. The predicted octanol–water partition coefficient (Wildman–Crippen LogP) is 0.612. The van der Waals surface area contributed by atoms with Crippen LogP contribution in [-0.2, 0) is 4.74 Å². The molecule has 0 spiro atoms. The molecule has 0 aromatic rings. The second-order valence-electron chi connectivity index (χ2n) is 4.90. The molecule has 3 nitrogen and oxygen atoms in total. The summed E-state index contributed by atoms with van der Waals surface area (Å²) in [6.07, 6.45) is 4.03. The van der Waals surface area contributed by atoms with Gasteiger partial charge in [0.1, 0.15) is 0 Å². The van der Waals surface area contributed by atoms with E-state index in [4.69, 9.17) is 4.74 Å². The zero-order valence-electron chi connectivity index (χ0n) is 9.14. The summed E-state index contributed by atoms with van der Waals surface area (Å²) in [6.45, 7) is 5.73. The molecular weight excluding hydrogens is 176 g/mol. The quantitative estimate of drug-likeness (QED) is 0.629. The van der Waals surface area contributed by atoms with Gasteiger partial charge in [-0.05, 0) is 30.6 Å². The molecule has 0 amide bonds. The first-order chi connectivity index (χ1) is 6.85. The van der Waals surface area contributed by atoms with Crippen molar-refractivity contribution in [3.05, 3.63) is 0 Å². The highest BCUT2D eigenvalue weighted by molar-refractivity contribution is 4.95. The Hall–Kier alpha value is -0.120. The lowest BCUT2D eigenvalue weighted by atomic mass is 10.0. The molecule has 2 N–H and O–H groups in total. The van der Waals surface area contributed by atoms with Crippen LogP contribution in [0, 0.1) is 11.3 Å². The summed E-state index contributed by atoms with van der Waals surface area (Å²) < 4.78 is 5.14. The van der Waals surface area contributed by atoms with Crippen molar-refractivity contribution in [1.29, 1.82) is 0 Å². The Morgan fingerprint density at radius 1 is 1.43 bits per heavy atom. The lowest BCUT2D eigenvalue weighted by molar-refractivity contribution is 0.170. The van der Waals surface area contributed by atoms with Crippen LogP contribution in [0.3, 0.4) is 0 Å². The maximum atomic E-state index is 5.14. The van der Waals surface area contributed by atoms with Gasteiger partial charge in [-0.15, -0.1) is 0 Å². The van der Waals surface area contributed by atoms with Gasteiger partial charge in [-0.2, -0.15) is 0 Å². The Balaban J connectivity index is 1.54. The average Bonchev–Trinajstić information content (AvgIpc) is 2.87. The topological polar surface area (TPSA) is 33.3 Å². The number of hydrogen-bond donors (Lipinski definition) is 2. The molecule has 82 valence electrons. The van der Waals surface area contributed by atoms with Crippen molar-refractivity contribution in [3.8, 4) is 0 Å². The van der Waals surface area contributed by atoms with Crippen LogP contribution in [-0.4, -0.2) is 39.9 Å². The van der Waals surface area contributed by atoms with Crippen molar-refractivity contribution in [3.63, 3.8) is 0 Å². The van der Waals surface area contributed by atoms with E-state index in [1.165, 1.54) is 45.4 Å². The molecule has 2 aliphatic rings. The molecule has 1 saturated heterocycles. The molecule has 0 aromatic carbocycles. The summed E-state index contributed by atoms with van der Waals surface area (Å²) in [6, 6.07) is 0. The Bertz CT molecular complexity index is 176. The molecule has 14 heavy (non-hydrogen) atoms. The van der Waals surface area contributed by atoms with E-state index in [1.54, 1.807) is 7.11 Å². The monoisotopic (exact) mass is 198 g/mol. The summed E-state index contributed by atoms with van der Waals surface area (Å²) in [5.41, 5.74) is 0.604. The fourth-order valence-corrected chi connectivity index (χ4v) is 2.04. The van der Waals surface area contributed by atoms with Crippen LogP contribution in [0.1, 0.15) is 19.3 Å². The first-order valence-electron chi connectivity index (χ1n) is 5.75. The highest BCUT2D eigenvalue weighted by Gasteiger charge is 2.41. The van der Waals surface area contributed by atoms with Gasteiger partial charge >= 0.3 is 0 Å². The van der Waals surface area contributed by atoms with Gasteiger partial charge in [0, 0.05) is 39.9 Å². The molecule has 1 heterocycles. The van der Waals surface area contributed by atoms with Crippen molar-refractivity contribution >= 4 is 0 Å². The van der Waals surface area contributed by atoms with Crippen LogP contribution in [0.5, 0.6) is 0 Å². The Morgan fingerprint density at radius 3 is 2.71 bits per heavy atom. The van der Waals surface area contributed by atoms with Crippen LogP contribution in [0.2, 0.25) is 0 Å². The van der Waals surface area contributed by atoms with E-state index in [0.717, 1.165) is 12.5 Å². The van der Waals surface area contributed by atoms with Gasteiger partial charge < -0.3 is 15.4 Å². The summed E-state index contributed by atoms with van der Waals surface area (Å²) in [4.78, 5) is 0. The third-order valence-corrected chi connectivity index (χ3v) is 3.59. The highest BCUT2D eigenvalue weighted by Crippen LogP contribution is 2.48. The molecule has 1 saturated carbocycles. The molecule has 0 aromatic heterocycles. The van der Waals surface area contributed by atoms with Crippen molar-refractivity contribution in [2.45, 2.75) is 19.3 Å². The van der Waals surface area contributed by atoms with Crippen molar-refractivity contribution in [2.24, 2.45) is 11.3 Å². The maximum absolute atomic E-state index is 5.14. The number of nitrogens with one attached hydrogen (secondary N) is 2. The van der Waals surface area contributed by atoms with E-state index in [0.29, 0.717) is 5.41 Å². The lowest BCUT2D eigenvalue weighted by Crippen LogP contribution is -2.47. The fourth-order valence-electron chi connectivity index (χ4n) is 2.04. The molecular formula is C11H22N2O. The molecule has 1 aliphatic heterocycles. The van der Waals surface area contributed by atoms with Crippen molar-refractivity contribution in [1.82, 2.24) is 10.6 Å². The largest absolute Gasteiger partial charge is 0.385 e. The number of ether oxygens (including phenoxy) is 1. The zero-order chi connectivity index (χ0) is 9.86. The zero-order valence-corrected chi connectivity index (χ0v) is 9.14. The van der Waals surface area contributed by atoms with Gasteiger partial charge in [0.25, 0.3) is 0 Å². The van der Waals surface area contributed by atoms with Gasteiger partial charge in [0.2, 0.25) is 0 Å². The fraction of sp³-hybridized carbons (Fsp3) is 1.00. The third kappa shape index (κ3) is 2.69. The maximum Gasteiger partial charge on any atom is 0.0468 e. The van der Waals surface area contributed by atoms with Gasteiger partial charge in [-0.3, -0.25) is 0 Å². The Kier molecular flexibility index (Phi) is 3.42. The van der Waals surface area contributed by atoms with E-state index in [9.17, 15) is 0 Å². The summed E-state index contributed by atoms with van der Waals surface area (Å²) in [5, 5.41) is 6.90. The van der Waals surface area contributed by atoms with Gasteiger partial charge in [-0.1, -0.05) is 0 Å². The van der Waals surface area contributed by atoms with Crippen LogP contribution >= 0.6 is 0 Å². The average molecular weight is 198 g/mol. The van der Waals surface area contributed by atoms with Crippen LogP contribution in [0.25, 0.3) is 0 Å². The van der Waals surface area contributed by atoms with E-state index in [2.05, 4.69) is 10.6 Å². The van der Waals surface area contributed by atoms with Gasteiger partial charge in [0.15, 0.2) is 0 Å². The normalized spacial score (nSPS) is 24.6. The summed E-state index contributed by atoms with van der Waals surface area (Å²) in [7, 11) is 1.80. The number of rotatable bonds is 7. The Labute approximate surface area is 86.6 Å².